The van der Waals surface area contributed by atoms with E-state index in [1.54, 1.807) is 25.3 Å². The Morgan fingerprint density at radius 1 is 1.09 bits per heavy atom. The predicted octanol–water partition coefficient (Wildman–Crippen LogP) is 3.37. The van der Waals surface area contributed by atoms with E-state index in [4.69, 9.17) is 15.2 Å². The third kappa shape index (κ3) is 3.70. The summed E-state index contributed by atoms with van der Waals surface area (Å²) >= 11 is 0. The van der Waals surface area contributed by atoms with Crippen molar-refractivity contribution in [2.75, 3.05) is 12.3 Å². The Labute approximate surface area is 134 Å². The van der Waals surface area contributed by atoms with Gasteiger partial charge >= 0.3 is 0 Å². The first kappa shape index (κ1) is 15.1. The highest BCUT2D eigenvalue weighted by Crippen LogP contribution is 2.31. The maximum Gasteiger partial charge on any atom is 0.138 e. The summed E-state index contributed by atoms with van der Waals surface area (Å²) < 4.78 is 11.4. The lowest BCUT2D eigenvalue weighted by Gasteiger charge is -2.11. The SMILES string of the molecule is C[C@H](O)COc1ccc2c(Oc3ccc(N)cc3)ccnc2c1. The Bertz CT molecular complexity index is 801. The van der Waals surface area contributed by atoms with Gasteiger partial charge in [-0.2, -0.15) is 0 Å². The molecule has 0 bridgehead atoms. The van der Waals surface area contributed by atoms with E-state index in [-0.39, 0.29) is 6.61 Å². The Morgan fingerprint density at radius 2 is 1.83 bits per heavy atom. The van der Waals surface area contributed by atoms with Crippen LogP contribution in [0.2, 0.25) is 0 Å². The second-order valence-electron chi connectivity index (χ2n) is 5.32. The molecule has 3 N–H and O–H groups in total. The molecule has 118 valence electrons. The Morgan fingerprint density at radius 3 is 2.57 bits per heavy atom. The van der Waals surface area contributed by atoms with E-state index in [2.05, 4.69) is 4.98 Å². The number of ether oxygens (including phenoxy) is 2. The average molecular weight is 310 g/mol. The summed E-state index contributed by atoms with van der Waals surface area (Å²) in [5.41, 5.74) is 7.14. The van der Waals surface area contributed by atoms with Crippen LogP contribution in [-0.4, -0.2) is 22.8 Å². The van der Waals surface area contributed by atoms with Crippen LogP contribution in [0.3, 0.4) is 0 Å². The summed E-state index contributed by atoms with van der Waals surface area (Å²) in [5.74, 6) is 2.08. The van der Waals surface area contributed by atoms with Gasteiger partial charge in [-0.1, -0.05) is 0 Å². The van der Waals surface area contributed by atoms with E-state index in [0.29, 0.717) is 22.9 Å². The lowest BCUT2D eigenvalue weighted by Crippen LogP contribution is -2.12. The highest BCUT2D eigenvalue weighted by atomic mass is 16.5. The van der Waals surface area contributed by atoms with Crippen LogP contribution in [0.1, 0.15) is 6.92 Å². The van der Waals surface area contributed by atoms with Crippen molar-refractivity contribution in [3.8, 4) is 17.2 Å². The number of aromatic nitrogens is 1. The lowest BCUT2D eigenvalue weighted by molar-refractivity contribution is 0.123. The number of nitrogens with zero attached hydrogens (tertiary/aromatic N) is 1. The number of nitrogens with two attached hydrogens (primary N) is 1. The molecule has 2 aromatic carbocycles. The maximum atomic E-state index is 9.29. The van der Waals surface area contributed by atoms with Crippen molar-refractivity contribution >= 4 is 16.6 Å². The molecule has 3 rings (SSSR count). The van der Waals surface area contributed by atoms with Crippen molar-refractivity contribution in [3.63, 3.8) is 0 Å². The molecule has 0 fully saturated rings. The number of hydrogen-bond acceptors (Lipinski definition) is 5. The van der Waals surface area contributed by atoms with Crippen LogP contribution in [0, 0.1) is 0 Å². The fourth-order valence-electron chi connectivity index (χ4n) is 2.16. The predicted molar refractivity (Wildman–Crippen MR) is 89.8 cm³/mol. The van der Waals surface area contributed by atoms with Crippen LogP contribution >= 0.6 is 0 Å². The topological polar surface area (TPSA) is 77.6 Å². The van der Waals surface area contributed by atoms with Gasteiger partial charge in [-0.25, -0.2) is 0 Å². The molecular formula is C18H18N2O3. The van der Waals surface area contributed by atoms with Gasteiger partial charge < -0.3 is 20.3 Å². The van der Waals surface area contributed by atoms with E-state index in [1.165, 1.54) is 0 Å². The quantitative estimate of drug-likeness (QED) is 0.706. The van der Waals surface area contributed by atoms with Crippen LogP contribution < -0.4 is 15.2 Å². The Hall–Kier alpha value is -2.79. The molecule has 23 heavy (non-hydrogen) atoms. The van der Waals surface area contributed by atoms with Crippen molar-refractivity contribution in [2.45, 2.75) is 13.0 Å². The molecule has 0 spiro atoms. The fourth-order valence-corrected chi connectivity index (χ4v) is 2.16. The number of nitrogen functional groups attached to an aromatic ring is 1. The largest absolute Gasteiger partial charge is 0.491 e. The Balaban J connectivity index is 1.87. The smallest absolute Gasteiger partial charge is 0.138 e. The number of fused-ring (bicyclic) bond motifs is 1. The zero-order valence-corrected chi connectivity index (χ0v) is 12.8. The van der Waals surface area contributed by atoms with E-state index in [1.807, 2.05) is 36.4 Å². The van der Waals surface area contributed by atoms with Gasteiger partial charge in [0.2, 0.25) is 0 Å². The summed E-state index contributed by atoms with van der Waals surface area (Å²) in [7, 11) is 0. The summed E-state index contributed by atoms with van der Waals surface area (Å²) in [6.45, 7) is 1.92. The van der Waals surface area contributed by atoms with E-state index < -0.39 is 6.10 Å². The zero-order chi connectivity index (χ0) is 16.2. The van der Waals surface area contributed by atoms with Gasteiger partial charge in [-0.3, -0.25) is 4.98 Å². The molecule has 1 aromatic heterocycles. The number of pyridine rings is 1. The Kier molecular flexibility index (Phi) is 4.30. The van der Waals surface area contributed by atoms with E-state index in [0.717, 1.165) is 10.9 Å². The molecule has 0 radical (unpaired) electrons. The first-order valence-corrected chi connectivity index (χ1v) is 7.35. The van der Waals surface area contributed by atoms with Gasteiger partial charge in [0.15, 0.2) is 0 Å². The molecule has 0 saturated carbocycles. The van der Waals surface area contributed by atoms with Gasteiger partial charge in [0.25, 0.3) is 0 Å². The first-order chi connectivity index (χ1) is 11.1. The monoisotopic (exact) mass is 310 g/mol. The van der Waals surface area contributed by atoms with Crippen molar-refractivity contribution in [3.05, 3.63) is 54.7 Å². The minimum Gasteiger partial charge on any atom is -0.491 e. The number of rotatable bonds is 5. The van der Waals surface area contributed by atoms with Crippen LogP contribution in [0.25, 0.3) is 10.9 Å². The zero-order valence-electron chi connectivity index (χ0n) is 12.8. The number of anilines is 1. The summed E-state index contributed by atoms with van der Waals surface area (Å²) in [6.07, 6.45) is 1.17. The van der Waals surface area contributed by atoms with Gasteiger partial charge in [0, 0.05) is 23.3 Å². The number of aliphatic hydroxyl groups excluding tert-OH is 1. The van der Waals surface area contributed by atoms with Gasteiger partial charge in [0.1, 0.15) is 23.9 Å². The van der Waals surface area contributed by atoms with Crippen molar-refractivity contribution < 1.29 is 14.6 Å². The summed E-state index contributed by atoms with van der Waals surface area (Å²) in [6, 6.07) is 14.6. The third-order valence-corrected chi connectivity index (χ3v) is 3.27. The first-order valence-electron chi connectivity index (χ1n) is 7.35. The van der Waals surface area contributed by atoms with Crippen LogP contribution in [0.5, 0.6) is 17.2 Å². The highest BCUT2D eigenvalue weighted by Gasteiger charge is 2.07. The second-order valence-corrected chi connectivity index (χ2v) is 5.32. The minimum absolute atomic E-state index is 0.243. The number of benzene rings is 2. The third-order valence-electron chi connectivity index (χ3n) is 3.27. The highest BCUT2D eigenvalue weighted by molar-refractivity contribution is 5.86. The molecule has 0 unspecified atom stereocenters. The molecule has 5 heteroatoms. The summed E-state index contributed by atoms with van der Waals surface area (Å²) in [5, 5.41) is 10.2. The molecule has 1 atom stereocenters. The van der Waals surface area contributed by atoms with Crippen molar-refractivity contribution in [2.24, 2.45) is 0 Å². The molecule has 0 amide bonds. The average Bonchev–Trinajstić information content (AvgIpc) is 2.55. The molecular weight excluding hydrogens is 292 g/mol. The molecule has 0 aliphatic heterocycles. The van der Waals surface area contributed by atoms with Crippen LogP contribution in [-0.2, 0) is 0 Å². The lowest BCUT2D eigenvalue weighted by atomic mass is 10.2. The van der Waals surface area contributed by atoms with Gasteiger partial charge in [-0.05, 0) is 49.4 Å². The maximum absolute atomic E-state index is 9.29. The molecule has 3 aromatic rings. The summed E-state index contributed by atoms with van der Waals surface area (Å²) in [4.78, 5) is 4.34. The van der Waals surface area contributed by atoms with E-state index in [9.17, 15) is 5.11 Å². The molecule has 0 aliphatic carbocycles. The normalized spacial score (nSPS) is 12.1. The van der Waals surface area contributed by atoms with Gasteiger partial charge in [0.05, 0.1) is 11.6 Å². The fraction of sp³-hybridized carbons (Fsp3) is 0.167. The van der Waals surface area contributed by atoms with Crippen LogP contribution in [0.15, 0.2) is 54.7 Å². The van der Waals surface area contributed by atoms with Crippen molar-refractivity contribution in [1.82, 2.24) is 4.98 Å². The minimum atomic E-state index is -0.515. The molecule has 5 nitrogen and oxygen atoms in total. The van der Waals surface area contributed by atoms with E-state index >= 15 is 0 Å². The van der Waals surface area contributed by atoms with Crippen molar-refractivity contribution in [1.29, 1.82) is 0 Å². The van der Waals surface area contributed by atoms with Crippen LogP contribution in [0.4, 0.5) is 5.69 Å². The second kappa shape index (κ2) is 6.54. The standard InChI is InChI=1S/C18H18N2O3/c1-12(21)11-22-15-6-7-16-17(10-15)20-9-8-18(16)23-14-4-2-13(19)3-5-14/h2-10,12,21H,11,19H2,1H3/t12-/m0/s1. The van der Waals surface area contributed by atoms with Gasteiger partial charge in [-0.15, -0.1) is 0 Å². The molecule has 0 saturated heterocycles. The number of hydrogen-bond donors (Lipinski definition) is 2. The molecule has 1 heterocycles. The molecule has 0 aliphatic rings. The number of aliphatic hydroxyl groups is 1.